The third-order valence-electron chi connectivity index (χ3n) is 5.94. The second kappa shape index (κ2) is 3.77. The second-order valence-corrected chi connectivity index (χ2v) is 7.96. The molecule has 3 fully saturated rings. The van der Waals surface area contributed by atoms with Crippen molar-refractivity contribution in [1.82, 2.24) is 0 Å². The van der Waals surface area contributed by atoms with Crippen molar-refractivity contribution in [2.75, 3.05) is 4.90 Å². The van der Waals surface area contributed by atoms with Crippen LogP contribution in [0.4, 0.5) is 5.69 Å². The monoisotopic (exact) mass is 391 g/mol. The summed E-state index contributed by atoms with van der Waals surface area (Å²) in [5.74, 6) is 0.447. The number of nitrogens with zero attached hydrogens (tertiary/aromatic N) is 1. The third-order valence-corrected chi connectivity index (χ3v) is 6.66. The van der Waals surface area contributed by atoms with Gasteiger partial charge in [0.15, 0.2) is 0 Å². The number of hydrogen-bond acceptors (Lipinski definition) is 2. The smallest absolute Gasteiger partial charge is 0.238 e. The van der Waals surface area contributed by atoms with E-state index >= 15 is 0 Å². The third kappa shape index (κ3) is 1.35. The van der Waals surface area contributed by atoms with Gasteiger partial charge in [-0.25, -0.2) is 0 Å². The highest BCUT2D eigenvalue weighted by Gasteiger charge is 2.73. The summed E-state index contributed by atoms with van der Waals surface area (Å²) < 4.78 is 1.11. The maximum atomic E-state index is 12.9. The fourth-order valence-corrected chi connectivity index (χ4v) is 5.28. The standard InChI is InChI=1S/C17H14INO2/c18-9-1-3-10(4-2-9)19-15(20)13-11-5-6-12(14(13)16(19)21)17(11)7-8-17/h1-6,11-14H,7-8H2/t11-,12+,13-,14-/m0/s1. The number of carbonyl (C=O) groups excluding carboxylic acids is 2. The lowest BCUT2D eigenvalue weighted by molar-refractivity contribution is -0.123. The molecule has 1 aromatic rings. The van der Waals surface area contributed by atoms with E-state index in [1.165, 1.54) is 17.7 Å². The fraction of sp³-hybridized carbons (Fsp3) is 0.412. The van der Waals surface area contributed by atoms with Crippen LogP contribution in [0.1, 0.15) is 12.8 Å². The normalized spacial score (nSPS) is 37.7. The number of benzene rings is 1. The molecule has 0 radical (unpaired) electrons. The summed E-state index contributed by atoms with van der Waals surface area (Å²) in [4.78, 5) is 27.2. The van der Waals surface area contributed by atoms with Crippen LogP contribution in [-0.4, -0.2) is 11.8 Å². The van der Waals surface area contributed by atoms with Gasteiger partial charge in [0.05, 0.1) is 17.5 Å². The Labute approximate surface area is 136 Å². The number of fused-ring (bicyclic) bond motifs is 3. The Morgan fingerprint density at radius 2 is 1.48 bits per heavy atom. The van der Waals surface area contributed by atoms with Gasteiger partial charge in [-0.15, -0.1) is 0 Å². The molecule has 2 amide bonds. The summed E-state index contributed by atoms with van der Waals surface area (Å²) in [6.07, 6.45) is 6.79. The van der Waals surface area contributed by atoms with Crippen LogP contribution in [0.25, 0.3) is 0 Å². The van der Waals surface area contributed by atoms with Crippen LogP contribution in [0.5, 0.6) is 0 Å². The molecule has 3 aliphatic carbocycles. The first kappa shape index (κ1) is 12.4. The highest BCUT2D eigenvalue weighted by atomic mass is 127. The number of allylic oxidation sites excluding steroid dienone is 2. The molecule has 2 bridgehead atoms. The quantitative estimate of drug-likeness (QED) is 0.420. The van der Waals surface area contributed by atoms with Crippen LogP contribution in [0.3, 0.4) is 0 Å². The minimum atomic E-state index is -0.103. The molecule has 0 unspecified atom stereocenters. The summed E-state index contributed by atoms with van der Waals surface area (Å²) in [5.41, 5.74) is 1.00. The molecule has 0 aromatic heterocycles. The van der Waals surface area contributed by atoms with Gasteiger partial charge in [-0.1, -0.05) is 12.2 Å². The highest BCUT2D eigenvalue weighted by Crippen LogP contribution is 2.73. The lowest BCUT2D eigenvalue weighted by Crippen LogP contribution is -2.34. The van der Waals surface area contributed by atoms with Crippen LogP contribution in [0.15, 0.2) is 36.4 Å². The molecule has 2 saturated carbocycles. The molecule has 1 heterocycles. The molecular weight excluding hydrogens is 377 g/mol. The first-order valence-electron chi connectivity index (χ1n) is 7.45. The number of amides is 2. The number of imide groups is 1. The van der Waals surface area contributed by atoms with Gasteiger partial charge >= 0.3 is 0 Å². The summed E-state index contributed by atoms with van der Waals surface area (Å²) in [7, 11) is 0. The minimum Gasteiger partial charge on any atom is -0.274 e. The van der Waals surface area contributed by atoms with E-state index < -0.39 is 0 Å². The van der Waals surface area contributed by atoms with Gasteiger partial charge in [0.1, 0.15) is 0 Å². The lowest BCUT2D eigenvalue weighted by Gasteiger charge is -2.21. The number of anilines is 1. The molecule has 4 atom stereocenters. The Hall–Kier alpha value is -1.17. The molecule has 1 spiro atoms. The van der Waals surface area contributed by atoms with Crippen molar-refractivity contribution in [3.63, 3.8) is 0 Å². The zero-order valence-electron chi connectivity index (χ0n) is 11.3. The minimum absolute atomic E-state index is 0.0225. The average Bonchev–Trinajstić information content (AvgIpc) is 3.07. The van der Waals surface area contributed by atoms with E-state index in [0.717, 1.165) is 9.26 Å². The van der Waals surface area contributed by atoms with Gasteiger partial charge in [-0.3, -0.25) is 14.5 Å². The number of hydrogen-bond donors (Lipinski definition) is 0. The molecule has 106 valence electrons. The molecule has 3 nitrogen and oxygen atoms in total. The molecule has 1 aromatic carbocycles. The van der Waals surface area contributed by atoms with Crippen LogP contribution in [0, 0.1) is 32.7 Å². The van der Waals surface area contributed by atoms with Crippen molar-refractivity contribution in [1.29, 1.82) is 0 Å². The van der Waals surface area contributed by atoms with E-state index in [2.05, 4.69) is 34.7 Å². The molecule has 4 aliphatic rings. The van der Waals surface area contributed by atoms with Crippen LogP contribution < -0.4 is 4.90 Å². The van der Waals surface area contributed by atoms with E-state index in [0.29, 0.717) is 11.8 Å². The van der Waals surface area contributed by atoms with Crippen LogP contribution in [-0.2, 0) is 9.59 Å². The Morgan fingerprint density at radius 1 is 0.952 bits per heavy atom. The topological polar surface area (TPSA) is 37.4 Å². The van der Waals surface area contributed by atoms with Crippen molar-refractivity contribution in [3.05, 3.63) is 40.0 Å². The summed E-state index contributed by atoms with van der Waals surface area (Å²) in [6, 6.07) is 7.64. The fourth-order valence-electron chi connectivity index (χ4n) is 4.92. The predicted octanol–water partition coefficient (Wildman–Crippen LogP) is 2.99. The molecular formula is C17H14INO2. The first-order chi connectivity index (χ1) is 10.1. The van der Waals surface area contributed by atoms with Gasteiger partial charge in [0.2, 0.25) is 11.8 Å². The van der Waals surface area contributed by atoms with Crippen LogP contribution in [0.2, 0.25) is 0 Å². The number of halogens is 1. The second-order valence-electron chi connectivity index (χ2n) is 6.71. The zero-order chi connectivity index (χ0) is 14.4. The average molecular weight is 391 g/mol. The van der Waals surface area contributed by atoms with Crippen molar-refractivity contribution in [3.8, 4) is 0 Å². The van der Waals surface area contributed by atoms with Crippen molar-refractivity contribution < 1.29 is 9.59 Å². The van der Waals surface area contributed by atoms with E-state index in [9.17, 15) is 9.59 Å². The largest absolute Gasteiger partial charge is 0.274 e. The molecule has 4 heteroatoms. The maximum absolute atomic E-state index is 12.9. The van der Waals surface area contributed by atoms with Gasteiger partial charge in [0, 0.05) is 3.57 Å². The highest BCUT2D eigenvalue weighted by molar-refractivity contribution is 14.1. The Balaban J connectivity index is 1.57. The Kier molecular flexibility index (Phi) is 2.22. The first-order valence-corrected chi connectivity index (χ1v) is 8.53. The van der Waals surface area contributed by atoms with E-state index in [4.69, 9.17) is 0 Å². The molecule has 21 heavy (non-hydrogen) atoms. The molecule has 1 aliphatic heterocycles. The SMILES string of the molecule is O=C1[C@@H]2[C@@H](C(=O)N1c1ccc(I)cc1)[C@@H]1C=C[C@H]2C12CC2. The van der Waals surface area contributed by atoms with Crippen molar-refractivity contribution in [2.24, 2.45) is 29.1 Å². The number of rotatable bonds is 1. The van der Waals surface area contributed by atoms with E-state index in [-0.39, 0.29) is 29.1 Å². The summed E-state index contributed by atoms with van der Waals surface area (Å²) >= 11 is 2.23. The maximum Gasteiger partial charge on any atom is 0.238 e. The van der Waals surface area contributed by atoms with Gasteiger partial charge < -0.3 is 0 Å². The van der Waals surface area contributed by atoms with Gasteiger partial charge in [-0.05, 0) is 76.9 Å². The molecule has 5 rings (SSSR count). The van der Waals surface area contributed by atoms with E-state index in [1.54, 1.807) is 0 Å². The molecule has 0 N–H and O–H groups in total. The lowest BCUT2D eigenvalue weighted by atomic mass is 9.85. The van der Waals surface area contributed by atoms with Gasteiger partial charge in [0.25, 0.3) is 0 Å². The van der Waals surface area contributed by atoms with Crippen molar-refractivity contribution in [2.45, 2.75) is 12.8 Å². The number of carbonyl (C=O) groups is 2. The van der Waals surface area contributed by atoms with Gasteiger partial charge in [-0.2, -0.15) is 0 Å². The summed E-state index contributed by atoms with van der Waals surface area (Å²) in [6.45, 7) is 0. The zero-order valence-corrected chi connectivity index (χ0v) is 13.5. The predicted molar refractivity (Wildman–Crippen MR) is 86.4 cm³/mol. The van der Waals surface area contributed by atoms with E-state index in [1.807, 2.05) is 24.3 Å². The Morgan fingerprint density at radius 3 is 1.95 bits per heavy atom. The Bertz CT molecular complexity index is 670. The van der Waals surface area contributed by atoms with Crippen molar-refractivity contribution >= 4 is 40.1 Å². The summed E-state index contributed by atoms with van der Waals surface area (Å²) in [5, 5.41) is 0. The van der Waals surface area contributed by atoms with Crippen LogP contribution >= 0.6 is 22.6 Å². The molecule has 1 saturated heterocycles.